The number of methoxy groups -OCH3 is 1. The molecule has 2 amide bonds. The average Bonchev–Trinajstić information content (AvgIpc) is 3.33. The van der Waals surface area contributed by atoms with Gasteiger partial charge in [-0.05, 0) is 79.0 Å². The molecule has 4 fully saturated rings. The zero-order valence-corrected chi connectivity index (χ0v) is 24.3. The number of rotatable bonds is 9. The second-order valence-corrected chi connectivity index (χ2v) is 13.3. The average molecular weight is 569 g/mol. The van der Waals surface area contributed by atoms with Crippen molar-refractivity contribution in [2.75, 3.05) is 26.8 Å². The molecule has 1 aromatic rings. The van der Waals surface area contributed by atoms with Gasteiger partial charge in [0.2, 0.25) is 11.8 Å². The van der Waals surface area contributed by atoms with Crippen LogP contribution in [0.15, 0.2) is 23.8 Å². The van der Waals surface area contributed by atoms with Gasteiger partial charge in [-0.15, -0.1) is 0 Å². The minimum absolute atomic E-state index is 0.0556. The quantitative estimate of drug-likeness (QED) is 0.360. The molecular formula is C32H44N2O7. The van der Waals surface area contributed by atoms with Crippen LogP contribution in [0.1, 0.15) is 69.4 Å². The molecule has 9 nitrogen and oxygen atoms in total. The molecule has 4 saturated carbocycles. The zero-order valence-electron chi connectivity index (χ0n) is 24.3. The minimum atomic E-state index is -1.07. The Morgan fingerprint density at radius 3 is 2.56 bits per heavy atom. The first kappa shape index (κ1) is 28.5. The van der Waals surface area contributed by atoms with E-state index in [1.807, 2.05) is 4.90 Å². The Labute approximate surface area is 241 Å². The maximum absolute atomic E-state index is 14.0. The van der Waals surface area contributed by atoms with Gasteiger partial charge < -0.3 is 35.0 Å². The molecule has 0 saturated heterocycles. The monoisotopic (exact) mass is 568 g/mol. The molecule has 2 bridgehead atoms. The highest BCUT2D eigenvalue weighted by atomic mass is 16.5. The predicted molar refractivity (Wildman–Crippen MR) is 151 cm³/mol. The minimum Gasteiger partial charge on any atom is -0.493 e. The number of carbonyl (C=O) groups is 2. The molecule has 0 radical (unpaired) electrons. The molecule has 41 heavy (non-hydrogen) atoms. The van der Waals surface area contributed by atoms with Crippen molar-refractivity contribution in [3.63, 3.8) is 0 Å². The zero-order chi connectivity index (χ0) is 29.1. The smallest absolute Gasteiger partial charge is 0.247 e. The summed E-state index contributed by atoms with van der Waals surface area (Å²) in [6, 6.07) is 2.76. The first-order valence-electron chi connectivity index (χ1n) is 15.3. The molecule has 6 aliphatic rings. The Bertz CT molecular complexity index is 1220. The predicted octanol–water partition coefficient (Wildman–Crippen LogP) is 2.51. The van der Waals surface area contributed by atoms with Crippen molar-refractivity contribution < 1.29 is 34.4 Å². The molecule has 1 aromatic carbocycles. The highest BCUT2D eigenvalue weighted by Gasteiger charge is 2.56. The van der Waals surface area contributed by atoms with E-state index in [0.717, 1.165) is 38.0 Å². The summed E-state index contributed by atoms with van der Waals surface area (Å²) in [5.41, 5.74) is 1.92. The van der Waals surface area contributed by atoms with E-state index in [9.17, 15) is 24.9 Å². The number of fused-ring (bicyclic) bond motifs is 5. The number of benzene rings is 1. The highest BCUT2D eigenvalue weighted by Crippen LogP contribution is 2.61. The molecule has 4 N–H and O–H groups in total. The van der Waals surface area contributed by atoms with Gasteiger partial charge in [-0.3, -0.25) is 9.59 Å². The van der Waals surface area contributed by atoms with E-state index in [2.05, 4.69) is 19.2 Å². The van der Waals surface area contributed by atoms with E-state index in [1.165, 1.54) is 13.5 Å². The Kier molecular flexibility index (Phi) is 7.57. The Morgan fingerprint density at radius 2 is 1.95 bits per heavy atom. The summed E-state index contributed by atoms with van der Waals surface area (Å²) < 4.78 is 11.9. The molecule has 7 atom stereocenters. The van der Waals surface area contributed by atoms with Gasteiger partial charge in [0.25, 0.3) is 0 Å². The lowest BCUT2D eigenvalue weighted by Crippen LogP contribution is -2.60. The molecule has 0 spiro atoms. The van der Waals surface area contributed by atoms with Gasteiger partial charge in [0, 0.05) is 30.1 Å². The number of aliphatic hydroxyl groups excluding tert-OH is 3. The van der Waals surface area contributed by atoms with Crippen molar-refractivity contribution in [2.45, 2.75) is 83.1 Å². The molecule has 0 aromatic heterocycles. The molecule has 7 rings (SSSR count). The van der Waals surface area contributed by atoms with Crippen LogP contribution in [-0.2, 0) is 16.2 Å². The number of carbonyl (C=O) groups excluding carboxylic acids is 2. The van der Waals surface area contributed by atoms with Crippen LogP contribution in [-0.4, -0.2) is 77.1 Å². The van der Waals surface area contributed by atoms with Gasteiger partial charge in [-0.1, -0.05) is 20.3 Å². The number of aliphatic hydroxyl groups is 3. The summed E-state index contributed by atoms with van der Waals surface area (Å²) >= 11 is 0. The number of nitrogens with one attached hydrogen (secondary N) is 1. The van der Waals surface area contributed by atoms with Crippen molar-refractivity contribution in [1.82, 2.24) is 10.2 Å². The normalized spacial score (nSPS) is 32.8. The topological polar surface area (TPSA) is 129 Å². The van der Waals surface area contributed by atoms with Crippen LogP contribution in [0.2, 0.25) is 0 Å². The molecular weight excluding hydrogens is 524 g/mol. The fourth-order valence-electron chi connectivity index (χ4n) is 8.30. The van der Waals surface area contributed by atoms with Gasteiger partial charge >= 0.3 is 0 Å². The van der Waals surface area contributed by atoms with Crippen molar-refractivity contribution in [1.29, 1.82) is 0 Å². The summed E-state index contributed by atoms with van der Waals surface area (Å²) in [6.07, 6.45) is 6.03. The van der Waals surface area contributed by atoms with Crippen LogP contribution < -0.4 is 14.8 Å². The lowest BCUT2D eigenvalue weighted by atomic mass is 9.45. The standard InChI is InChI=1S/C32H44N2O7/c1-32(2)20-8-7-19(23(32)13-20)15-34(31(39)18-5-4-6-18)24-14-22(30(38)33-9-10-35)26-21-11-17(16-36)12-25(40-3)28(21)41-29(26)27(24)37/h11-12,14,18-20,23-24,26-27,29,35-37H,4-10,13,15-16H2,1-3H3,(H,33,38). The molecule has 7 unspecified atom stereocenters. The van der Waals surface area contributed by atoms with E-state index in [-0.39, 0.29) is 42.9 Å². The molecule has 1 heterocycles. The van der Waals surface area contributed by atoms with Crippen LogP contribution in [0.5, 0.6) is 11.5 Å². The first-order valence-corrected chi connectivity index (χ1v) is 15.3. The van der Waals surface area contributed by atoms with E-state index in [4.69, 9.17) is 9.47 Å². The first-order chi connectivity index (χ1) is 19.7. The lowest BCUT2D eigenvalue weighted by Gasteiger charge is -2.61. The fraction of sp³-hybridized carbons (Fsp3) is 0.688. The molecule has 1 aliphatic heterocycles. The van der Waals surface area contributed by atoms with Gasteiger partial charge in [0.05, 0.1) is 32.3 Å². The second kappa shape index (κ2) is 10.9. The summed E-state index contributed by atoms with van der Waals surface area (Å²) in [5.74, 6) is 1.50. The third-order valence-corrected chi connectivity index (χ3v) is 11.0. The highest BCUT2D eigenvalue weighted by molar-refractivity contribution is 5.96. The molecule has 224 valence electrons. The fourth-order valence-corrected chi connectivity index (χ4v) is 8.30. The summed E-state index contributed by atoms with van der Waals surface area (Å²) in [7, 11) is 1.52. The Morgan fingerprint density at radius 1 is 1.17 bits per heavy atom. The number of ether oxygens (including phenoxy) is 2. The van der Waals surface area contributed by atoms with Crippen LogP contribution >= 0.6 is 0 Å². The third kappa shape index (κ3) is 4.64. The second-order valence-electron chi connectivity index (χ2n) is 13.3. The van der Waals surface area contributed by atoms with E-state index >= 15 is 0 Å². The van der Waals surface area contributed by atoms with Gasteiger partial charge in [-0.2, -0.15) is 0 Å². The number of amides is 2. The van der Waals surface area contributed by atoms with Crippen molar-refractivity contribution in [3.8, 4) is 11.5 Å². The van der Waals surface area contributed by atoms with Crippen molar-refractivity contribution >= 4 is 11.8 Å². The molecule has 5 aliphatic carbocycles. The van der Waals surface area contributed by atoms with Gasteiger partial charge in [-0.25, -0.2) is 0 Å². The van der Waals surface area contributed by atoms with Crippen LogP contribution in [0.3, 0.4) is 0 Å². The largest absolute Gasteiger partial charge is 0.493 e. The van der Waals surface area contributed by atoms with Crippen LogP contribution in [0.25, 0.3) is 0 Å². The summed E-state index contributed by atoms with van der Waals surface area (Å²) in [5, 5.41) is 34.0. The Balaban J connectivity index is 1.39. The van der Waals surface area contributed by atoms with Crippen molar-refractivity contribution in [3.05, 3.63) is 34.9 Å². The van der Waals surface area contributed by atoms with E-state index < -0.39 is 24.2 Å². The maximum atomic E-state index is 14.0. The van der Waals surface area contributed by atoms with Gasteiger partial charge in [0.1, 0.15) is 12.2 Å². The van der Waals surface area contributed by atoms with Crippen molar-refractivity contribution in [2.24, 2.45) is 29.1 Å². The van der Waals surface area contributed by atoms with Gasteiger partial charge in [0.15, 0.2) is 11.5 Å². The number of nitrogens with zero attached hydrogens (tertiary/aromatic N) is 1. The van der Waals surface area contributed by atoms with E-state index in [1.54, 1.807) is 18.2 Å². The van der Waals surface area contributed by atoms with Crippen LogP contribution in [0, 0.1) is 29.1 Å². The number of hydrogen-bond donors (Lipinski definition) is 4. The van der Waals surface area contributed by atoms with Crippen LogP contribution in [0.4, 0.5) is 0 Å². The summed E-state index contributed by atoms with van der Waals surface area (Å²) in [6.45, 7) is 4.90. The van der Waals surface area contributed by atoms with E-state index in [0.29, 0.717) is 46.6 Å². The Hall–Kier alpha value is -2.62. The summed E-state index contributed by atoms with van der Waals surface area (Å²) in [4.78, 5) is 29.5. The maximum Gasteiger partial charge on any atom is 0.247 e. The number of hydrogen-bond acceptors (Lipinski definition) is 7. The molecule has 9 heteroatoms. The SMILES string of the molecule is COc1cc(CO)cc2c1OC1C2C(C(=O)NCCO)=CC(N(CC2CCC3CC2C3(C)C)C(=O)C2CCC2)C1O. The lowest BCUT2D eigenvalue weighted by molar-refractivity contribution is -0.152. The third-order valence-electron chi connectivity index (χ3n) is 11.0.